The molecule has 0 saturated carbocycles. The quantitative estimate of drug-likeness (QED) is 0.339. The third kappa shape index (κ3) is 4.99. The molecule has 0 bridgehead atoms. The summed E-state index contributed by atoms with van der Waals surface area (Å²) in [6.45, 7) is 4.94. The topological polar surface area (TPSA) is 104 Å². The van der Waals surface area contributed by atoms with E-state index < -0.39 is 11.9 Å². The van der Waals surface area contributed by atoms with Crippen molar-refractivity contribution >= 4 is 5.91 Å². The van der Waals surface area contributed by atoms with Crippen LogP contribution in [-0.4, -0.2) is 19.0 Å². The number of hydrogen-bond donors (Lipinski definition) is 2. The summed E-state index contributed by atoms with van der Waals surface area (Å²) in [5.74, 6) is -0.409. The van der Waals surface area contributed by atoms with E-state index in [9.17, 15) is 4.79 Å². The summed E-state index contributed by atoms with van der Waals surface area (Å²) in [6, 6.07) is 5.43. The van der Waals surface area contributed by atoms with Gasteiger partial charge in [0.05, 0.1) is 0 Å². The Hall–Kier alpha value is -2.04. The van der Waals surface area contributed by atoms with Gasteiger partial charge >= 0.3 is 0 Å². The van der Waals surface area contributed by atoms with Crippen molar-refractivity contribution in [2.75, 3.05) is 13.1 Å². The molecule has 1 aromatic carbocycles. The number of hydrogen-bond acceptors (Lipinski definition) is 3. The number of amides is 1. The lowest BCUT2D eigenvalue weighted by Gasteiger charge is -2.16. The van der Waals surface area contributed by atoms with Gasteiger partial charge in [0.25, 0.3) is 0 Å². The predicted molar refractivity (Wildman–Crippen MR) is 74.5 cm³/mol. The number of rotatable bonds is 7. The van der Waals surface area contributed by atoms with Crippen molar-refractivity contribution in [1.29, 1.82) is 0 Å². The molecule has 19 heavy (non-hydrogen) atoms. The standard InChI is InChI=1S/C13H19N5O/c1-9-6-10(2)8-11(7-9)12(13(14)19)16-4-3-5-17-18-15/h6-8,12,16H,3-5H2,1-2H3,(H2,14,19). The van der Waals surface area contributed by atoms with Gasteiger partial charge in [0.1, 0.15) is 6.04 Å². The van der Waals surface area contributed by atoms with E-state index in [-0.39, 0.29) is 0 Å². The molecule has 0 radical (unpaired) electrons. The molecular weight excluding hydrogens is 242 g/mol. The second kappa shape index (κ2) is 7.41. The van der Waals surface area contributed by atoms with E-state index in [2.05, 4.69) is 15.3 Å². The number of nitrogens with one attached hydrogen (secondary N) is 1. The van der Waals surface area contributed by atoms with Crippen LogP contribution in [0.2, 0.25) is 0 Å². The third-order valence-electron chi connectivity index (χ3n) is 2.71. The minimum absolute atomic E-state index is 0.405. The number of primary amides is 1. The molecule has 1 atom stereocenters. The van der Waals surface area contributed by atoms with E-state index in [1.54, 1.807) is 0 Å². The molecule has 0 aliphatic rings. The second-order valence-electron chi connectivity index (χ2n) is 4.52. The Labute approximate surface area is 112 Å². The molecule has 0 heterocycles. The van der Waals surface area contributed by atoms with Crippen molar-refractivity contribution in [1.82, 2.24) is 5.32 Å². The van der Waals surface area contributed by atoms with E-state index >= 15 is 0 Å². The van der Waals surface area contributed by atoms with Crippen molar-refractivity contribution in [3.8, 4) is 0 Å². The minimum Gasteiger partial charge on any atom is -0.368 e. The number of nitrogens with two attached hydrogens (primary N) is 1. The summed E-state index contributed by atoms with van der Waals surface area (Å²) in [4.78, 5) is 14.2. The zero-order valence-electron chi connectivity index (χ0n) is 11.3. The third-order valence-corrected chi connectivity index (χ3v) is 2.71. The maximum absolute atomic E-state index is 11.5. The fourth-order valence-electron chi connectivity index (χ4n) is 2.00. The summed E-state index contributed by atoms with van der Waals surface area (Å²) >= 11 is 0. The maximum atomic E-state index is 11.5. The van der Waals surface area contributed by atoms with Crippen LogP contribution in [0.1, 0.15) is 29.2 Å². The first-order chi connectivity index (χ1) is 9.04. The lowest BCUT2D eigenvalue weighted by atomic mass is 10.0. The monoisotopic (exact) mass is 261 g/mol. The molecule has 102 valence electrons. The molecule has 3 N–H and O–H groups in total. The minimum atomic E-state index is -0.510. The number of nitrogens with zero attached hydrogens (tertiary/aromatic N) is 3. The molecule has 0 saturated heterocycles. The predicted octanol–water partition coefficient (Wildman–Crippen LogP) is 2.12. The first-order valence-corrected chi connectivity index (χ1v) is 6.16. The van der Waals surface area contributed by atoms with Gasteiger partial charge in [0.15, 0.2) is 0 Å². The van der Waals surface area contributed by atoms with E-state index in [0.29, 0.717) is 19.5 Å². The van der Waals surface area contributed by atoms with Gasteiger partial charge in [-0.3, -0.25) is 4.79 Å². The zero-order chi connectivity index (χ0) is 14.3. The first-order valence-electron chi connectivity index (χ1n) is 6.16. The van der Waals surface area contributed by atoms with Gasteiger partial charge in [0, 0.05) is 11.5 Å². The van der Waals surface area contributed by atoms with Crippen LogP contribution < -0.4 is 11.1 Å². The molecule has 1 amide bonds. The van der Waals surface area contributed by atoms with E-state index in [1.165, 1.54) is 0 Å². The second-order valence-corrected chi connectivity index (χ2v) is 4.52. The fourth-order valence-corrected chi connectivity index (χ4v) is 2.00. The number of azide groups is 1. The molecular formula is C13H19N5O. The lowest BCUT2D eigenvalue weighted by Crippen LogP contribution is -2.34. The van der Waals surface area contributed by atoms with Crippen molar-refractivity contribution in [2.24, 2.45) is 10.8 Å². The molecule has 0 aromatic heterocycles. The van der Waals surface area contributed by atoms with E-state index in [0.717, 1.165) is 16.7 Å². The molecule has 0 aliphatic heterocycles. The van der Waals surface area contributed by atoms with Crippen molar-refractivity contribution in [3.05, 3.63) is 45.3 Å². The summed E-state index contributed by atoms with van der Waals surface area (Å²) in [7, 11) is 0. The zero-order valence-corrected chi connectivity index (χ0v) is 11.3. The molecule has 0 spiro atoms. The van der Waals surface area contributed by atoms with Crippen molar-refractivity contribution < 1.29 is 4.79 Å². The highest BCUT2D eigenvalue weighted by Crippen LogP contribution is 2.16. The average molecular weight is 261 g/mol. The Bertz CT molecular complexity index is 474. The Kier molecular flexibility index (Phi) is 5.85. The molecule has 6 nitrogen and oxygen atoms in total. The average Bonchev–Trinajstić information content (AvgIpc) is 2.31. The van der Waals surface area contributed by atoms with Gasteiger partial charge in [-0.25, -0.2) is 0 Å². The Morgan fingerprint density at radius 1 is 1.42 bits per heavy atom. The molecule has 0 aliphatic carbocycles. The first kappa shape index (κ1) is 15.0. The smallest absolute Gasteiger partial charge is 0.239 e. The number of carbonyl (C=O) groups is 1. The highest BCUT2D eigenvalue weighted by atomic mass is 16.1. The van der Waals surface area contributed by atoms with E-state index in [1.807, 2.05) is 32.0 Å². The highest BCUT2D eigenvalue weighted by molar-refractivity contribution is 5.81. The van der Waals surface area contributed by atoms with Crippen LogP contribution in [0.25, 0.3) is 10.4 Å². The van der Waals surface area contributed by atoms with Gasteiger partial charge < -0.3 is 11.1 Å². The van der Waals surface area contributed by atoms with Crippen molar-refractivity contribution in [2.45, 2.75) is 26.3 Å². The van der Waals surface area contributed by atoms with Gasteiger partial charge in [-0.1, -0.05) is 34.4 Å². The summed E-state index contributed by atoms with van der Waals surface area (Å²) in [5, 5.41) is 6.53. The van der Waals surface area contributed by atoms with Gasteiger partial charge in [0.2, 0.25) is 5.91 Å². The highest BCUT2D eigenvalue weighted by Gasteiger charge is 2.17. The van der Waals surface area contributed by atoms with Crippen LogP contribution in [0.3, 0.4) is 0 Å². The largest absolute Gasteiger partial charge is 0.368 e. The normalized spacial score (nSPS) is 11.7. The van der Waals surface area contributed by atoms with Crippen LogP contribution >= 0.6 is 0 Å². The molecule has 6 heteroatoms. The number of benzene rings is 1. The molecule has 1 unspecified atom stereocenters. The lowest BCUT2D eigenvalue weighted by molar-refractivity contribution is -0.120. The summed E-state index contributed by atoms with van der Waals surface area (Å²) in [5.41, 5.74) is 16.7. The van der Waals surface area contributed by atoms with Crippen LogP contribution in [0.15, 0.2) is 23.3 Å². The Morgan fingerprint density at radius 3 is 2.58 bits per heavy atom. The van der Waals surface area contributed by atoms with Gasteiger partial charge in [-0.05, 0) is 37.9 Å². The van der Waals surface area contributed by atoms with E-state index in [4.69, 9.17) is 11.3 Å². The maximum Gasteiger partial charge on any atom is 0.239 e. The summed E-state index contributed by atoms with van der Waals surface area (Å²) < 4.78 is 0. The number of aryl methyl sites for hydroxylation is 2. The summed E-state index contributed by atoms with van der Waals surface area (Å²) in [6.07, 6.45) is 0.665. The van der Waals surface area contributed by atoms with Crippen molar-refractivity contribution in [3.63, 3.8) is 0 Å². The van der Waals surface area contributed by atoms with Crippen LogP contribution in [0, 0.1) is 13.8 Å². The Morgan fingerprint density at radius 2 is 2.05 bits per heavy atom. The SMILES string of the molecule is Cc1cc(C)cc(C(NCCCN=[N+]=[N-])C(N)=O)c1. The molecule has 0 fully saturated rings. The fraction of sp³-hybridized carbons (Fsp3) is 0.462. The van der Waals surface area contributed by atoms with Crippen LogP contribution in [0.5, 0.6) is 0 Å². The van der Waals surface area contributed by atoms with Gasteiger partial charge in [-0.2, -0.15) is 0 Å². The Balaban J connectivity index is 2.71. The van der Waals surface area contributed by atoms with Crippen LogP contribution in [-0.2, 0) is 4.79 Å². The number of carbonyl (C=O) groups excluding carboxylic acids is 1. The molecule has 1 rings (SSSR count). The van der Waals surface area contributed by atoms with Crippen LogP contribution in [0.4, 0.5) is 0 Å². The molecule has 1 aromatic rings. The van der Waals surface area contributed by atoms with Gasteiger partial charge in [-0.15, -0.1) is 0 Å².